The van der Waals surface area contributed by atoms with Crippen molar-refractivity contribution in [1.29, 1.82) is 0 Å². The van der Waals surface area contributed by atoms with Gasteiger partial charge >= 0.3 is 0 Å². The molecular formula is C85H110N5+5. The standard InChI is InChI=1S/C19H26N.3C17H22N.C15H18N/c1-13(2)17-11-19(16-10-8-7-9-15(16)5)20(6)12-18(17)14(3)4;1-11-9-7-8-10-16(11)17-14(4)12(2)13(3)15(5)18(17)6;1-12(2)15-10-14(4)17(18(5)11-15)16-9-7-6-8-13(16)3;1-12(2)15-10-11-17(18(5)14(15)4)16-9-7-6-8-13(16)3;1-11-9-10-15(16(4)13(11)3)14-8-6-5-7-12(14)2/h7-14H,1-6H3;7-10H,1-6H3;2*6-12H,1-5H3;5-10H,1-4H3/q5*+1/i3D3,13D,14D;3D3,5D3;2*1D3,12D;1D3. The number of nitrogens with zero attached hydrogens (tertiary/aromatic N) is 5. The van der Waals surface area contributed by atoms with Crippen LogP contribution >= 0.6 is 0 Å². The number of aromatic nitrogens is 5. The van der Waals surface area contributed by atoms with Crippen LogP contribution in [0.2, 0.25) is 0 Å². The average molecular weight is 1220 g/mol. The van der Waals surface area contributed by atoms with Gasteiger partial charge in [0.05, 0.1) is 0 Å². The molecule has 10 rings (SSSR count). The van der Waals surface area contributed by atoms with Gasteiger partial charge < -0.3 is 0 Å². The highest BCUT2D eigenvalue weighted by molar-refractivity contribution is 5.67. The third kappa shape index (κ3) is 16.6. The number of pyridine rings is 5. The molecule has 5 aromatic heterocycles. The Morgan fingerprint density at radius 2 is 0.756 bits per heavy atom. The molecule has 5 heterocycles. The Bertz CT molecular complexity index is 5020. The van der Waals surface area contributed by atoms with Crippen molar-refractivity contribution in [2.75, 3.05) is 0 Å². The molecule has 470 valence electrons. The molecule has 0 aliphatic carbocycles. The molecule has 3 unspecified atom stereocenters. The van der Waals surface area contributed by atoms with Gasteiger partial charge in [-0.1, -0.05) is 146 Å². The Kier molecular flexibility index (Phi) is 15.8. The summed E-state index contributed by atoms with van der Waals surface area (Å²) in [6.07, 6.45) is 3.46. The molecule has 0 bridgehead atoms. The molecule has 5 nitrogen and oxygen atoms in total. The molecular weight excluding hydrogens is 1090 g/mol. The summed E-state index contributed by atoms with van der Waals surface area (Å²) in [5, 5.41) is 0. The zero-order valence-electron chi connectivity index (χ0n) is 78.9. The van der Waals surface area contributed by atoms with Crippen molar-refractivity contribution < 1.29 is 53.0 Å². The molecule has 0 spiro atoms. The lowest BCUT2D eigenvalue weighted by atomic mass is 9.90. The summed E-state index contributed by atoms with van der Waals surface area (Å²) >= 11 is 0. The maximum absolute atomic E-state index is 8.51. The van der Waals surface area contributed by atoms with E-state index in [2.05, 4.69) is 51.1 Å². The van der Waals surface area contributed by atoms with Crippen LogP contribution in [0.1, 0.15) is 204 Å². The van der Waals surface area contributed by atoms with Crippen molar-refractivity contribution in [3.8, 4) is 56.3 Å². The van der Waals surface area contributed by atoms with E-state index in [-0.39, 0.29) is 11.3 Å². The van der Waals surface area contributed by atoms with Crippen molar-refractivity contribution >= 4 is 0 Å². The lowest BCUT2D eigenvalue weighted by Gasteiger charge is -2.16. The first-order valence-corrected chi connectivity index (χ1v) is 30.5. The van der Waals surface area contributed by atoms with E-state index in [9.17, 15) is 0 Å². The predicted molar refractivity (Wildman–Crippen MR) is 383 cm³/mol. The summed E-state index contributed by atoms with van der Waals surface area (Å²) in [4.78, 5) is 0. The molecule has 0 aliphatic heterocycles. The van der Waals surface area contributed by atoms with Crippen LogP contribution in [-0.2, 0) is 35.2 Å². The smallest absolute Gasteiger partial charge is 0.201 e. The van der Waals surface area contributed by atoms with E-state index in [0.717, 1.165) is 95.5 Å². The normalized spacial score (nSPS) is 17.5. The summed E-state index contributed by atoms with van der Waals surface area (Å²) in [7, 11) is 9.20. The Labute approximate surface area is 576 Å². The van der Waals surface area contributed by atoms with Crippen molar-refractivity contribution in [3.63, 3.8) is 0 Å². The van der Waals surface area contributed by atoms with Gasteiger partial charge in [-0.05, 0) is 180 Å². The summed E-state index contributed by atoms with van der Waals surface area (Å²) in [5.74, 6) is -6.06. The molecule has 0 radical (unpaired) electrons. The summed E-state index contributed by atoms with van der Waals surface area (Å²) < 4.78 is 181. The van der Waals surface area contributed by atoms with Gasteiger partial charge in [0.2, 0.25) is 28.5 Å². The fourth-order valence-corrected chi connectivity index (χ4v) is 11.3. The Hall–Kier alpha value is -8.15. The maximum Gasteiger partial charge on any atom is 0.215 e. The Balaban J connectivity index is 0.000000219. The molecule has 0 fully saturated rings. The first-order chi connectivity index (χ1) is 51.1. The molecule has 10 aromatic rings. The van der Waals surface area contributed by atoms with E-state index in [4.69, 9.17) is 30.2 Å². The van der Waals surface area contributed by atoms with Gasteiger partial charge in [0.25, 0.3) is 0 Å². The molecule has 0 saturated carbocycles. The van der Waals surface area contributed by atoms with E-state index >= 15 is 0 Å². The molecule has 0 amide bonds. The fraction of sp³-hybridized carbons (Fsp3) is 0.353. The van der Waals surface area contributed by atoms with E-state index < -0.39 is 64.7 Å². The highest BCUT2D eigenvalue weighted by Crippen LogP contribution is 2.32. The minimum Gasteiger partial charge on any atom is -0.201 e. The third-order valence-electron chi connectivity index (χ3n) is 17.1. The van der Waals surface area contributed by atoms with Gasteiger partial charge in [0.1, 0.15) is 35.2 Å². The monoisotopic (exact) mass is 1220 g/mol. The lowest BCUT2D eigenvalue weighted by Crippen LogP contribution is -2.37. The van der Waals surface area contributed by atoms with Crippen LogP contribution in [0.3, 0.4) is 0 Å². The van der Waals surface area contributed by atoms with Crippen LogP contribution in [0.4, 0.5) is 0 Å². The summed E-state index contributed by atoms with van der Waals surface area (Å²) in [6, 6.07) is 50.9. The number of hydrogen-bond acceptors (Lipinski definition) is 0. The highest BCUT2D eigenvalue weighted by Gasteiger charge is 2.25. The maximum atomic E-state index is 8.51. The molecule has 5 aromatic carbocycles. The number of rotatable bonds is 9. The highest BCUT2D eigenvalue weighted by atomic mass is 15.0. The van der Waals surface area contributed by atoms with Crippen LogP contribution in [0.25, 0.3) is 56.3 Å². The van der Waals surface area contributed by atoms with Gasteiger partial charge in [-0.3, -0.25) is 0 Å². The summed E-state index contributed by atoms with van der Waals surface area (Å²) in [5.41, 5.74) is 21.7. The topological polar surface area (TPSA) is 19.4 Å². The van der Waals surface area contributed by atoms with Crippen LogP contribution in [0.15, 0.2) is 170 Å². The second-order valence-electron chi connectivity index (χ2n) is 23.9. The average Bonchev–Trinajstić information content (AvgIpc) is 0.748. The Morgan fingerprint density at radius 1 is 0.311 bits per heavy atom. The molecule has 0 aliphatic rings. The van der Waals surface area contributed by atoms with Crippen LogP contribution in [-0.4, -0.2) is 0 Å². The van der Waals surface area contributed by atoms with Gasteiger partial charge in [-0.2, -0.15) is 13.7 Å². The van der Waals surface area contributed by atoms with Gasteiger partial charge in [-0.15, -0.1) is 0 Å². The van der Waals surface area contributed by atoms with E-state index in [0.29, 0.717) is 33.4 Å². The quantitative estimate of drug-likeness (QED) is 0.128. The van der Waals surface area contributed by atoms with E-state index in [1.807, 2.05) is 203 Å². The third-order valence-corrected chi connectivity index (χ3v) is 17.1. The fourth-order valence-electron chi connectivity index (χ4n) is 11.3. The SMILES string of the molecule is [2H]C(C)(C)c1cc(-c2ccccc2C)[n+](C)cc1C([2H])(C)C([2H])([2H])[2H].[2H]C([2H])([2H])C([2H])(C)c1cc(C)c(-c2ccccc2C)[n+](C)c1.[2H]C([2H])([2H])C([2H])(C)c1ccc(-c2ccccc2C)[n+](C)c1C.[2H]C([2H])([2H])c1c(C)c(C)c(-c2ccccc2C)[n+](C)c1C([2H])([2H])[2H].[2H]C([2H])([2H])c1ccc(-c2ccccc2C)[n+](C)c1C. The predicted octanol–water partition coefficient (Wildman–Crippen LogP) is 19.4. The lowest BCUT2D eigenvalue weighted by molar-refractivity contribution is -0.667. The zero-order valence-corrected chi connectivity index (χ0v) is 56.9. The van der Waals surface area contributed by atoms with Gasteiger partial charge in [0.15, 0.2) is 29.5 Å². The van der Waals surface area contributed by atoms with Crippen molar-refractivity contribution in [3.05, 3.63) is 265 Å². The largest absolute Gasteiger partial charge is 0.215 e. The molecule has 90 heavy (non-hydrogen) atoms. The van der Waals surface area contributed by atoms with E-state index in [1.165, 1.54) is 36.5 Å². The molecule has 5 heteroatoms. The zero-order chi connectivity index (χ0) is 85.3. The second kappa shape index (κ2) is 31.5. The minimum absolute atomic E-state index is 0.0696. The van der Waals surface area contributed by atoms with Crippen LogP contribution < -0.4 is 22.8 Å². The summed E-state index contributed by atoms with van der Waals surface area (Å²) in [6.45, 7) is 12.8. The molecule has 0 N–H and O–H groups in total. The van der Waals surface area contributed by atoms with Crippen molar-refractivity contribution in [2.24, 2.45) is 35.2 Å². The first kappa shape index (κ1) is 45.2. The number of benzene rings is 5. The van der Waals surface area contributed by atoms with Crippen LogP contribution in [0.5, 0.6) is 0 Å². The number of hydrogen-bond donors (Lipinski definition) is 0. The van der Waals surface area contributed by atoms with Crippen LogP contribution in [0, 0.1) is 89.8 Å². The molecule has 3 atom stereocenters. The second-order valence-corrected chi connectivity index (χ2v) is 23.9. The van der Waals surface area contributed by atoms with Gasteiger partial charge in [-0.25, -0.2) is 9.13 Å². The first-order valence-electron chi connectivity index (χ1n) is 41.5. The van der Waals surface area contributed by atoms with Gasteiger partial charge in [0, 0.05) is 136 Å². The minimum atomic E-state index is -2.52. The number of aryl methyl sites for hydroxylation is 9. The van der Waals surface area contributed by atoms with Crippen molar-refractivity contribution in [1.82, 2.24) is 0 Å². The van der Waals surface area contributed by atoms with E-state index in [1.54, 1.807) is 52.3 Å². The molecule has 0 saturated heterocycles. The Morgan fingerprint density at radius 3 is 1.20 bits per heavy atom. The van der Waals surface area contributed by atoms with Crippen molar-refractivity contribution in [2.45, 2.75) is 169 Å².